The van der Waals surface area contributed by atoms with E-state index in [1.807, 2.05) is 67.6 Å². The fourth-order valence-electron chi connectivity index (χ4n) is 5.18. The molecule has 2 aromatic carbocycles. The second-order valence-electron chi connectivity index (χ2n) is 10.2. The molecule has 182 valence electrons. The molecule has 0 saturated heterocycles. The van der Waals surface area contributed by atoms with Gasteiger partial charge in [-0.15, -0.1) is 0 Å². The van der Waals surface area contributed by atoms with E-state index in [0.29, 0.717) is 35.7 Å². The first kappa shape index (κ1) is 23.7. The molecule has 6 nitrogen and oxygen atoms in total. The van der Waals surface area contributed by atoms with E-state index in [-0.39, 0.29) is 17.1 Å². The molecule has 0 bridgehead atoms. The molecule has 3 aromatic rings. The number of benzene rings is 2. The van der Waals surface area contributed by atoms with E-state index in [2.05, 4.69) is 24.1 Å². The number of carbonyl (C=O) groups excluding carboxylic acids is 2. The van der Waals surface area contributed by atoms with Gasteiger partial charge in [0, 0.05) is 35.5 Å². The quantitative estimate of drug-likeness (QED) is 0.464. The maximum atomic E-state index is 13.6. The molecule has 5 rings (SSSR count). The highest BCUT2D eigenvalue weighted by molar-refractivity contribution is 6.13. The number of aliphatic imine (C=N–C) groups is 1. The number of carbonyl (C=O) groups is 2. The molecule has 1 amide bonds. The third-order valence-corrected chi connectivity index (χ3v) is 6.70. The Balaban J connectivity index is 1.57. The normalized spacial score (nSPS) is 20.9. The maximum Gasteiger partial charge on any atom is 0.235 e. The van der Waals surface area contributed by atoms with Gasteiger partial charge in [0.2, 0.25) is 5.91 Å². The van der Waals surface area contributed by atoms with E-state index >= 15 is 0 Å². The van der Waals surface area contributed by atoms with Crippen LogP contribution in [0.25, 0.3) is 0 Å². The van der Waals surface area contributed by atoms with E-state index in [4.69, 9.17) is 9.73 Å². The molecule has 2 heterocycles. The zero-order valence-corrected chi connectivity index (χ0v) is 20.7. The summed E-state index contributed by atoms with van der Waals surface area (Å²) in [5.41, 5.74) is 2.78. The van der Waals surface area contributed by atoms with Gasteiger partial charge in [-0.1, -0.05) is 50.2 Å². The number of ketones is 1. The lowest BCUT2D eigenvalue weighted by molar-refractivity contribution is -0.119. The van der Waals surface area contributed by atoms with Crippen molar-refractivity contribution in [2.75, 3.05) is 5.32 Å². The minimum absolute atomic E-state index is 0.0486. The van der Waals surface area contributed by atoms with Crippen molar-refractivity contribution in [3.05, 3.63) is 95.8 Å². The zero-order chi connectivity index (χ0) is 25.3. The van der Waals surface area contributed by atoms with Gasteiger partial charge in [-0.2, -0.15) is 0 Å². The number of anilines is 1. The van der Waals surface area contributed by atoms with E-state index < -0.39 is 11.8 Å². The van der Waals surface area contributed by atoms with Crippen molar-refractivity contribution >= 4 is 23.2 Å². The number of nitrogens with zero attached hydrogens (tertiary/aromatic N) is 2. The monoisotopic (exact) mass is 479 g/mol. The number of amides is 1. The summed E-state index contributed by atoms with van der Waals surface area (Å²) in [6.45, 7) is 6.04. The van der Waals surface area contributed by atoms with Crippen LogP contribution in [0.5, 0.6) is 11.5 Å². The Bertz CT molecular complexity index is 1360. The van der Waals surface area contributed by atoms with Crippen molar-refractivity contribution in [3.8, 4) is 11.5 Å². The molecule has 36 heavy (non-hydrogen) atoms. The van der Waals surface area contributed by atoms with Crippen molar-refractivity contribution in [2.45, 2.75) is 39.5 Å². The van der Waals surface area contributed by atoms with Crippen molar-refractivity contribution < 1.29 is 14.3 Å². The molecular formula is C30H29N3O3. The summed E-state index contributed by atoms with van der Waals surface area (Å²) >= 11 is 0. The van der Waals surface area contributed by atoms with Crippen LogP contribution in [0.15, 0.2) is 95.3 Å². The number of hydrogen-bond acceptors (Lipinski definition) is 5. The molecule has 0 radical (unpaired) electrons. The molecule has 0 fully saturated rings. The minimum Gasteiger partial charge on any atom is -0.457 e. The van der Waals surface area contributed by atoms with Gasteiger partial charge in [0.25, 0.3) is 0 Å². The summed E-state index contributed by atoms with van der Waals surface area (Å²) in [5, 5.41) is 2.93. The highest BCUT2D eigenvalue weighted by Crippen LogP contribution is 2.48. The number of aromatic nitrogens is 1. The number of pyridine rings is 1. The van der Waals surface area contributed by atoms with Crippen molar-refractivity contribution in [2.24, 2.45) is 16.3 Å². The predicted molar refractivity (Wildman–Crippen MR) is 140 cm³/mol. The summed E-state index contributed by atoms with van der Waals surface area (Å²) in [4.78, 5) is 36.2. The van der Waals surface area contributed by atoms with Crippen molar-refractivity contribution in [1.82, 2.24) is 4.98 Å². The first-order valence-electron chi connectivity index (χ1n) is 12.2. The molecule has 2 aliphatic rings. The average molecular weight is 480 g/mol. The lowest BCUT2D eigenvalue weighted by Crippen LogP contribution is -2.41. The summed E-state index contributed by atoms with van der Waals surface area (Å²) in [6.07, 6.45) is 2.75. The molecule has 0 spiro atoms. The number of Topliss-reactive ketones (excluding diaryl/α,β-unsaturated/α-hetero) is 1. The Kier molecular flexibility index (Phi) is 6.27. The Morgan fingerprint density at radius 1 is 0.972 bits per heavy atom. The molecular weight excluding hydrogens is 450 g/mol. The summed E-state index contributed by atoms with van der Waals surface area (Å²) < 4.78 is 6.08. The molecule has 6 heteroatoms. The number of hydrogen-bond donors (Lipinski definition) is 1. The number of ether oxygens (including phenoxy) is 1. The Morgan fingerprint density at radius 3 is 2.47 bits per heavy atom. The molecule has 1 aliphatic heterocycles. The largest absolute Gasteiger partial charge is 0.457 e. The Morgan fingerprint density at radius 2 is 1.72 bits per heavy atom. The van der Waals surface area contributed by atoms with Gasteiger partial charge in [0.05, 0.1) is 5.92 Å². The molecule has 1 unspecified atom stereocenters. The van der Waals surface area contributed by atoms with Crippen LogP contribution < -0.4 is 10.1 Å². The van der Waals surface area contributed by atoms with Crippen LogP contribution in [-0.4, -0.2) is 22.4 Å². The number of allylic oxidation sites excluding steroid dienone is 2. The number of nitrogens with one attached hydrogen (secondary N) is 1. The number of rotatable bonds is 5. The predicted octanol–water partition coefficient (Wildman–Crippen LogP) is 6.33. The highest BCUT2D eigenvalue weighted by atomic mass is 16.5. The van der Waals surface area contributed by atoms with Crippen LogP contribution in [0.3, 0.4) is 0 Å². The topological polar surface area (TPSA) is 80.6 Å². The lowest BCUT2D eigenvalue weighted by Gasteiger charge is -2.39. The first-order valence-corrected chi connectivity index (χ1v) is 12.2. The van der Waals surface area contributed by atoms with E-state index in [9.17, 15) is 9.59 Å². The average Bonchev–Trinajstić information content (AvgIpc) is 2.83. The van der Waals surface area contributed by atoms with Gasteiger partial charge >= 0.3 is 0 Å². The second kappa shape index (κ2) is 9.53. The van der Waals surface area contributed by atoms with Crippen LogP contribution in [0, 0.1) is 11.3 Å². The minimum atomic E-state index is -0.650. The third kappa shape index (κ3) is 4.85. The van der Waals surface area contributed by atoms with Gasteiger partial charge < -0.3 is 10.1 Å². The van der Waals surface area contributed by atoms with Crippen LogP contribution in [0.2, 0.25) is 0 Å². The molecule has 1 aromatic heterocycles. The molecule has 0 saturated carbocycles. The summed E-state index contributed by atoms with van der Waals surface area (Å²) in [7, 11) is 0. The highest BCUT2D eigenvalue weighted by Gasteiger charge is 2.45. The maximum absolute atomic E-state index is 13.6. The zero-order valence-electron chi connectivity index (χ0n) is 20.7. The van der Waals surface area contributed by atoms with Crippen LogP contribution in [0.4, 0.5) is 5.82 Å². The third-order valence-electron chi connectivity index (χ3n) is 6.70. The summed E-state index contributed by atoms with van der Waals surface area (Å²) in [5.74, 6) is 0.522. The molecule has 1 aliphatic carbocycles. The van der Waals surface area contributed by atoms with Gasteiger partial charge in [-0.25, -0.2) is 4.98 Å². The van der Waals surface area contributed by atoms with Crippen molar-refractivity contribution in [3.63, 3.8) is 0 Å². The number of para-hydroxylation sites is 1. The van der Waals surface area contributed by atoms with Crippen molar-refractivity contribution in [1.29, 1.82) is 0 Å². The standard InChI is InChI=1S/C30H29N3O3/c1-19-26(29(35)33-25-14-7-8-15-31-25)27(28-23(32-19)17-30(2,3)18-24(28)34)20-10-9-13-22(16-20)36-21-11-5-4-6-12-21/h4-16,26-27H,17-18H2,1-3H3,(H,31,33,35)/t26?,27-/m1/s1. The lowest BCUT2D eigenvalue weighted by atomic mass is 9.66. The van der Waals surface area contributed by atoms with Crippen LogP contribution >= 0.6 is 0 Å². The van der Waals surface area contributed by atoms with Crippen LogP contribution in [0.1, 0.15) is 45.1 Å². The van der Waals surface area contributed by atoms with E-state index in [0.717, 1.165) is 17.0 Å². The summed E-state index contributed by atoms with van der Waals surface area (Å²) in [6, 6.07) is 22.6. The van der Waals surface area contributed by atoms with Gasteiger partial charge in [-0.3, -0.25) is 14.6 Å². The fourth-order valence-corrected chi connectivity index (χ4v) is 5.18. The van der Waals surface area contributed by atoms with Gasteiger partial charge in [-0.05, 0) is 60.7 Å². The van der Waals surface area contributed by atoms with Gasteiger partial charge in [0.1, 0.15) is 17.3 Å². The van der Waals surface area contributed by atoms with E-state index in [1.54, 1.807) is 18.3 Å². The van der Waals surface area contributed by atoms with E-state index in [1.165, 1.54) is 0 Å². The SMILES string of the molecule is CC1=NC2=C(C(=O)CC(C)(C)C2)[C@H](c2cccc(Oc3ccccc3)c2)C1C(=O)Nc1ccccn1. The second-order valence-corrected chi connectivity index (χ2v) is 10.2. The molecule has 1 N–H and O–H groups in total. The fraction of sp³-hybridized carbons (Fsp3) is 0.267. The molecule has 2 atom stereocenters. The Labute approximate surface area is 211 Å². The van der Waals surface area contributed by atoms with Crippen LogP contribution in [-0.2, 0) is 9.59 Å². The Hall–Kier alpha value is -4.06. The first-order chi connectivity index (χ1) is 17.3. The van der Waals surface area contributed by atoms with Gasteiger partial charge in [0.15, 0.2) is 5.78 Å². The smallest absolute Gasteiger partial charge is 0.235 e.